The Kier molecular flexibility index (Phi) is 7.49. The van der Waals surface area contributed by atoms with Crippen LogP contribution in [0.25, 0.3) is 0 Å². The highest BCUT2D eigenvalue weighted by atomic mass is 32.2. The van der Waals surface area contributed by atoms with E-state index in [1.54, 1.807) is 7.11 Å². The Morgan fingerprint density at radius 3 is 2.44 bits per heavy atom. The molecule has 0 aromatic heterocycles. The van der Waals surface area contributed by atoms with E-state index >= 15 is 0 Å². The molecule has 4 atom stereocenters. The third-order valence-corrected chi connectivity index (χ3v) is 7.29. The first kappa shape index (κ1) is 23.2. The average Bonchev–Trinajstić information content (AvgIpc) is 2.67. The maximum atomic E-state index is 12.4. The van der Waals surface area contributed by atoms with Gasteiger partial charge in [-0.15, -0.1) is 0 Å². The van der Waals surface area contributed by atoms with Crippen molar-refractivity contribution in [3.8, 4) is 0 Å². The molecule has 0 spiro atoms. The van der Waals surface area contributed by atoms with Crippen LogP contribution in [0.4, 0.5) is 0 Å². The number of nitrogens with zero attached hydrogens (tertiary/aromatic N) is 1. The summed E-state index contributed by atoms with van der Waals surface area (Å²) in [7, 11) is -1.56. The summed E-state index contributed by atoms with van der Waals surface area (Å²) < 4.78 is 46.5. The highest BCUT2D eigenvalue weighted by Crippen LogP contribution is 2.44. The van der Waals surface area contributed by atoms with Gasteiger partial charge in [0.1, 0.15) is 0 Å². The van der Waals surface area contributed by atoms with Gasteiger partial charge >= 0.3 is 0 Å². The van der Waals surface area contributed by atoms with Crippen LogP contribution in [0.2, 0.25) is 0 Å². The summed E-state index contributed by atoms with van der Waals surface area (Å²) in [5.41, 5.74) is -0.286. The van der Waals surface area contributed by atoms with Crippen molar-refractivity contribution in [1.82, 2.24) is 14.5 Å². The Morgan fingerprint density at radius 1 is 1.22 bits per heavy atom. The first-order chi connectivity index (χ1) is 12.3. The first-order valence-corrected chi connectivity index (χ1v) is 12.5. The van der Waals surface area contributed by atoms with E-state index in [4.69, 9.17) is 9.02 Å². The topological polar surface area (TPSA) is 97.0 Å². The summed E-state index contributed by atoms with van der Waals surface area (Å²) in [5.74, 6) is 0.256. The fraction of sp³-hybridized carbons (Fsp3) is 1.00. The average molecular weight is 426 g/mol. The standard InChI is InChI=1S/C17H35N3O5S2/c1-16(2)11-13(17(3,4)20(16)24-5)12-18-26(21)25-15-9-7-8-14(10-15)19-27(6,22)23/h13-15,18-19H,7-12H2,1-6H3. The summed E-state index contributed by atoms with van der Waals surface area (Å²) in [6.07, 6.45) is 4.82. The first-order valence-electron chi connectivity index (χ1n) is 9.49. The minimum Gasteiger partial charge on any atom is -0.301 e. The number of hydroxylamine groups is 2. The molecule has 1 aliphatic heterocycles. The Morgan fingerprint density at radius 2 is 1.89 bits per heavy atom. The van der Waals surface area contributed by atoms with Gasteiger partial charge in [0.05, 0.1) is 19.5 Å². The third-order valence-electron chi connectivity index (χ3n) is 5.68. The molecule has 27 heavy (non-hydrogen) atoms. The van der Waals surface area contributed by atoms with Crippen molar-refractivity contribution in [2.24, 2.45) is 5.92 Å². The van der Waals surface area contributed by atoms with Crippen molar-refractivity contribution in [1.29, 1.82) is 0 Å². The summed E-state index contributed by atoms with van der Waals surface area (Å²) in [6.45, 7) is 9.10. The van der Waals surface area contributed by atoms with Gasteiger partial charge in [-0.1, -0.05) is 0 Å². The van der Waals surface area contributed by atoms with Crippen LogP contribution in [0.5, 0.6) is 0 Å². The lowest BCUT2D eigenvalue weighted by molar-refractivity contribution is -0.223. The van der Waals surface area contributed by atoms with E-state index in [2.05, 4.69) is 37.1 Å². The second-order valence-electron chi connectivity index (χ2n) is 8.90. The van der Waals surface area contributed by atoms with Crippen molar-refractivity contribution >= 4 is 21.3 Å². The molecular weight excluding hydrogens is 390 g/mol. The highest BCUT2D eigenvalue weighted by Gasteiger charge is 2.52. The van der Waals surface area contributed by atoms with Gasteiger partial charge in [0, 0.05) is 23.7 Å². The normalized spacial score (nSPS) is 32.4. The van der Waals surface area contributed by atoms with E-state index in [9.17, 15) is 12.6 Å². The Balaban J connectivity index is 1.84. The highest BCUT2D eigenvalue weighted by molar-refractivity contribution is 7.88. The van der Waals surface area contributed by atoms with Crippen LogP contribution >= 0.6 is 0 Å². The van der Waals surface area contributed by atoms with Crippen molar-refractivity contribution < 1.29 is 21.6 Å². The molecule has 2 N–H and O–H groups in total. The second kappa shape index (κ2) is 8.73. The summed E-state index contributed by atoms with van der Waals surface area (Å²) in [4.78, 5) is 5.59. The molecule has 1 aliphatic carbocycles. The molecule has 160 valence electrons. The van der Waals surface area contributed by atoms with Crippen LogP contribution in [-0.4, -0.2) is 60.8 Å². The van der Waals surface area contributed by atoms with Crippen molar-refractivity contribution in [2.75, 3.05) is 19.9 Å². The van der Waals surface area contributed by atoms with Gasteiger partial charge in [-0.3, -0.25) is 4.18 Å². The third kappa shape index (κ3) is 6.19. The molecule has 0 aromatic rings. The van der Waals surface area contributed by atoms with Gasteiger partial charge in [0.2, 0.25) is 21.3 Å². The lowest BCUT2D eigenvalue weighted by Gasteiger charge is -2.39. The van der Waals surface area contributed by atoms with Crippen LogP contribution in [0.15, 0.2) is 0 Å². The van der Waals surface area contributed by atoms with Crippen LogP contribution < -0.4 is 9.44 Å². The molecule has 8 nitrogen and oxygen atoms in total. The fourth-order valence-corrected chi connectivity index (χ4v) is 6.30. The molecule has 0 radical (unpaired) electrons. The molecule has 1 saturated carbocycles. The predicted octanol–water partition coefficient (Wildman–Crippen LogP) is 1.47. The van der Waals surface area contributed by atoms with Gasteiger partial charge in [-0.25, -0.2) is 22.1 Å². The maximum Gasteiger partial charge on any atom is 0.234 e. The molecule has 2 rings (SSSR count). The summed E-state index contributed by atoms with van der Waals surface area (Å²) in [5, 5.41) is 2.01. The quantitative estimate of drug-likeness (QED) is 0.611. The van der Waals surface area contributed by atoms with Gasteiger partial charge in [0.15, 0.2) is 0 Å². The van der Waals surface area contributed by atoms with E-state index in [0.717, 1.165) is 31.9 Å². The smallest absolute Gasteiger partial charge is 0.234 e. The maximum absolute atomic E-state index is 12.4. The molecule has 10 heteroatoms. The number of hydrogen-bond acceptors (Lipinski definition) is 6. The zero-order valence-corrected chi connectivity index (χ0v) is 18.9. The van der Waals surface area contributed by atoms with Gasteiger partial charge in [-0.05, 0) is 65.7 Å². The number of rotatable bonds is 8. The zero-order valence-electron chi connectivity index (χ0n) is 17.3. The molecule has 4 unspecified atom stereocenters. The van der Waals surface area contributed by atoms with E-state index < -0.39 is 21.3 Å². The summed E-state index contributed by atoms with van der Waals surface area (Å²) >= 11 is -1.61. The Bertz CT molecular complexity index is 638. The SMILES string of the molecule is CON1C(C)(C)CC(CNS(=O)OC2CCCC(NS(C)(=O)=O)C2)C1(C)C. The van der Waals surface area contributed by atoms with E-state index in [1.807, 2.05) is 5.06 Å². The zero-order chi connectivity index (χ0) is 20.5. The number of hydrogen-bond donors (Lipinski definition) is 2. The molecule has 1 saturated heterocycles. The number of sulfonamides is 1. The lowest BCUT2D eigenvalue weighted by Crippen LogP contribution is -2.50. The predicted molar refractivity (Wildman–Crippen MR) is 106 cm³/mol. The Hall–Kier alpha value is -0.100. The van der Waals surface area contributed by atoms with Crippen molar-refractivity contribution in [3.05, 3.63) is 0 Å². The molecule has 1 heterocycles. The Labute approximate surface area is 166 Å². The van der Waals surface area contributed by atoms with Crippen LogP contribution in [0.1, 0.15) is 59.8 Å². The molecule has 0 amide bonds. The van der Waals surface area contributed by atoms with Crippen LogP contribution in [0, 0.1) is 5.92 Å². The number of nitrogens with one attached hydrogen (secondary N) is 2. The minimum atomic E-state index is -3.24. The van der Waals surface area contributed by atoms with Gasteiger partial charge < -0.3 is 4.84 Å². The molecular formula is C17H35N3O5S2. The molecule has 0 aromatic carbocycles. The van der Waals surface area contributed by atoms with E-state index in [-0.39, 0.29) is 29.1 Å². The lowest BCUT2D eigenvalue weighted by atomic mass is 9.87. The molecule has 2 aliphatic rings. The van der Waals surface area contributed by atoms with Crippen molar-refractivity contribution in [2.45, 2.75) is 83.0 Å². The van der Waals surface area contributed by atoms with Crippen LogP contribution in [-0.2, 0) is 30.3 Å². The summed E-state index contributed by atoms with van der Waals surface area (Å²) in [6, 6.07) is -0.152. The van der Waals surface area contributed by atoms with Gasteiger partial charge in [-0.2, -0.15) is 5.06 Å². The van der Waals surface area contributed by atoms with E-state index in [1.165, 1.54) is 0 Å². The second-order valence-corrected chi connectivity index (χ2v) is 11.6. The van der Waals surface area contributed by atoms with Crippen LogP contribution in [0.3, 0.4) is 0 Å². The van der Waals surface area contributed by atoms with Crippen molar-refractivity contribution in [3.63, 3.8) is 0 Å². The monoisotopic (exact) mass is 425 g/mol. The molecule has 2 fully saturated rings. The molecule has 0 bridgehead atoms. The minimum absolute atomic E-state index is 0.0964. The largest absolute Gasteiger partial charge is 0.301 e. The van der Waals surface area contributed by atoms with Gasteiger partial charge in [0.25, 0.3) is 0 Å². The van der Waals surface area contributed by atoms with E-state index in [0.29, 0.717) is 13.0 Å². The fourth-order valence-electron chi connectivity index (χ4n) is 4.65.